The number of nitrogens with zero attached hydrogens (tertiary/aromatic N) is 2. The molecular formula is C15H19N3O. The van der Waals surface area contributed by atoms with Crippen molar-refractivity contribution in [3.05, 3.63) is 30.1 Å². The van der Waals surface area contributed by atoms with E-state index >= 15 is 0 Å². The Labute approximate surface area is 112 Å². The highest BCUT2D eigenvalue weighted by Crippen LogP contribution is 2.43. The number of aromatic nitrogens is 2. The third kappa shape index (κ3) is 1.56. The van der Waals surface area contributed by atoms with Crippen molar-refractivity contribution in [3.8, 4) is 0 Å². The Bertz CT molecular complexity index is 631. The van der Waals surface area contributed by atoms with Crippen LogP contribution in [0.1, 0.15) is 31.6 Å². The fourth-order valence-corrected chi connectivity index (χ4v) is 3.07. The van der Waals surface area contributed by atoms with Gasteiger partial charge in [0.15, 0.2) is 0 Å². The van der Waals surface area contributed by atoms with Crippen LogP contribution in [0.25, 0.3) is 11.0 Å². The van der Waals surface area contributed by atoms with Gasteiger partial charge in [-0.25, -0.2) is 4.98 Å². The van der Waals surface area contributed by atoms with E-state index in [4.69, 9.17) is 15.5 Å². The van der Waals surface area contributed by atoms with Crippen molar-refractivity contribution < 1.29 is 4.74 Å². The maximum atomic E-state index is 6.28. The summed E-state index contributed by atoms with van der Waals surface area (Å²) in [5, 5.41) is 0. The third-order valence-electron chi connectivity index (χ3n) is 4.54. The molecule has 1 aliphatic heterocycles. The van der Waals surface area contributed by atoms with Gasteiger partial charge in [-0.05, 0) is 31.9 Å². The van der Waals surface area contributed by atoms with Crippen LogP contribution in [0.2, 0.25) is 0 Å². The van der Waals surface area contributed by atoms with Crippen LogP contribution < -0.4 is 5.73 Å². The Hall–Kier alpha value is -1.39. The zero-order chi connectivity index (χ0) is 13.0. The first-order valence-corrected chi connectivity index (χ1v) is 7.01. The molecule has 19 heavy (non-hydrogen) atoms. The van der Waals surface area contributed by atoms with Crippen LogP contribution in [0.4, 0.5) is 0 Å². The summed E-state index contributed by atoms with van der Waals surface area (Å²) < 4.78 is 8.01. The number of benzene rings is 1. The van der Waals surface area contributed by atoms with Gasteiger partial charge in [0.1, 0.15) is 5.82 Å². The minimum absolute atomic E-state index is 0.0295. The minimum Gasteiger partial charge on any atom is -0.379 e. The molecule has 0 amide bonds. The van der Waals surface area contributed by atoms with Gasteiger partial charge in [-0.15, -0.1) is 0 Å². The van der Waals surface area contributed by atoms with Gasteiger partial charge in [0, 0.05) is 12.1 Å². The molecule has 2 aliphatic rings. The second-order valence-electron chi connectivity index (χ2n) is 6.06. The fraction of sp³-hybridized carbons (Fsp3) is 0.533. The molecule has 1 saturated heterocycles. The highest BCUT2D eigenvalue weighted by atomic mass is 16.5. The predicted molar refractivity (Wildman–Crippen MR) is 74.2 cm³/mol. The van der Waals surface area contributed by atoms with Gasteiger partial charge in [0.25, 0.3) is 0 Å². The summed E-state index contributed by atoms with van der Waals surface area (Å²) in [6.07, 6.45) is 2.50. The molecule has 0 bridgehead atoms. The molecule has 100 valence electrons. The van der Waals surface area contributed by atoms with E-state index in [9.17, 15) is 0 Å². The van der Waals surface area contributed by atoms with E-state index in [0.717, 1.165) is 11.3 Å². The number of fused-ring (bicyclic) bond motifs is 1. The molecule has 2 N–H and O–H groups in total. The van der Waals surface area contributed by atoms with Crippen LogP contribution in [-0.4, -0.2) is 28.8 Å². The van der Waals surface area contributed by atoms with E-state index in [2.05, 4.69) is 29.7 Å². The number of imidazole rings is 1. The molecule has 2 atom stereocenters. The monoisotopic (exact) mass is 257 g/mol. The summed E-state index contributed by atoms with van der Waals surface area (Å²) in [5.41, 5.74) is 8.42. The average Bonchev–Trinajstić information content (AvgIpc) is 3.09. The fourth-order valence-electron chi connectivity index (χ4n) is 3.07. The first-order valence-electron chi connectivity index (χ1n) is 7.01. The van der Waals surface area contributed by atoms with E-state index in [-0.39, 0.29) is 11.5 Å². The van der Waals surface area contributed by atoms with Crippen LogP contribution in [0, 0.1) is 0 Å². The van der Waals surface area contributed by atoms with Crippen molar-refractivity contribution in [1.82, 2.24) is 9.55 Å². The van der Waals surface area contributed by atoms with Gasteiger partial charge in [0.2, 0.25) is 0 Å². The number of ether oxygens (including phenoxy) is 1. The number of nitrogens with two attached hydrogens (primary N) is 1. The highest BCUT2D eigenvalue weighted by molar-refractivity contribution is 5.76. The lowest BCUT2D eigenvalue weighted by atomic mass is 9.85. The lowest BCUT2D eigenvalue weighted by Gasteiger charge is -2.27. The SMILES string of the molecule is CC1(c2nc3ccccc3n2C2CC2)COCC1N. The van der Waals surface area contributed by atoms with Gasteiger partial charge < -0.3 is 15.0 Å². The van der Waals surface area contributed by atoms with Gasteiger partial charge in [0.05, 0.1) is 29.7 Å². The zero-order valence-electron chi connectivity index (χ0n) is 11.2. The van der Waals surface area contributed by atoms with Crippen LogP contribution in [0.15, 0.2) is 24.3 Å². The Morgan fingerprint density at radius 1 is 1.37 bits per heavy atom. The van der Waals surface area contributed by atoms with Gasteiger partial charge >= 0.3 is 0 Å². The van der Waals surface area contributed by atoms with Crippen LogP contribution in [0.5, 0.6) is 0 Å². The Morgan fingerprint density at radius 2 is 2.16 bits per heavy atom. The second-order valence-corrected chi connectivity index (χ2v) is 6.06. The van der Waals surface area contributed by atoms with Gasteiger partial charge in [-0.3, -0.25) is 0 Å². The normalized spacial score (nSPS) is 31.2. The molecule has 2 aromatic rings. The molecule has 2 unspecified atom stereocenters. The number of para-hydroxylation sites is 2. The Morgan fingerprint density at radius 3 is 2.84 bits per heavy atom. The lowest BCUT2D eigenvalue weighted by molar-refractivity contribution is 0.177. The first-order chi connectivity index (χ1) is 9.20. The highest BCUT2D eigenvalue weighted by Gasteiger charge is 2.45. The average molecular weight is 257 g/mol. The van der Waals surface area contributed by atoms with Crippen molar-refractivity contribution in [1.29, 1.82) is 0 Å². The molecule has 1 aromatic carbocycles. The standard InChI is InChI=1S/C15H19N3O/c1-15(9-19-8-13(15)16)14-17-11-4-2-3-5-12(11)18(14)10-6-7-10/h2-5,10,13H,6-9,16H2,1H3. The molecular weight excluding hydrogens is 238 g/mol. The topological polar surface area (TPSA) is 53.1 Å². The molecule has 0 radical (unpaired) electrons. The molecule has 4 rings (SSSR count). The molecule has 4 nitrogen and oxygen atoms in total. The third-order valence-corrected chi connectivity index (χ3v) is 4.54. The molecule has 0 spiro atoms. The van der Waals surface area contributed by atoms with Crippen molar-refractivity contribution in [2.75, 3.05) is 13.2 Å². The van der Waals surface area contributed by atoms with Crippen molar-refractivity contribution in [2.45, 2.75) is 37.3 Å². The minimum atomic E-state index is -0.165. The molecule has 1 aliphatic carbocycles. The Balaban J connectivity index is 1.96. The van der Waals surface area contributed by atoms with E-state index < -0.39 is 0 Å². The van der Waals surface area contributed by atoms with E-state index in [0.29, 0.717) is 19.3 Å². The summed E-state index contributed by atoms with van der Waals surface area (Å²) in [7, 11) is 0. The van der Waals surface area contributed by atoms with Crippen LogP contribution >= 0.6 is 0 Å². The largest absolute Gasteiger partial charge is 0.379 e. The van der Waals surface area contributed by atoms with Crippen LogP contribution in [0.3, 0.4) is 0 Å². The summed E-state index contributed by atoms with van der Waals surface area (Å²) in [4.78, 5) is 4.88. The molecule has 1 saturated carbocycles. The quantitative estimate of drug-likeness (QED) is 0.895. The second kappa shape index (κ2) is 3.81. The smallest absolute Gasteiger partial charge is 0.120 e. The van der Waals surface area contributed by atoms with Crippen molar-refractivity contribution in [3.63, 3.8) is 0 Å². The summed E-state index contributed by atoms with van der Waals surface area (Å²) in [6, 6.07) is 9.01. The van der Waals surface area contributed by atoms with E-state index in [1.165, 1.54) is 18.4 Å². The Kier molecular flexibility index (Phi) is 2.29. The maximum Gasteiger partial charge on any atom is 0.120 e. The summed E-state index contributed by atoms with van der Waals surface area (Å²) in [6.45, 7) is 3.49. The van der Waals surface area contributed by atoms with Crippen molar-refractivity contribution in [2.24, 2.45) is 5.73 Å². The molecule has 2 heterocycles. The number of hydrogen-bond acceptors (Lipinski definition) is 3. The van der Waals surface area contributed by atoms with E-state index in [1.54, 1.807) is 0 Å². The summed E-state index contributed by atoms with van der Waals surface area (Å²) in [5.74, 6) is 1.11. The molecule has 1 aromatic heterocycles. The van der Waals surface area contributed by atoms with Gasteiger partial charge in [-0.2, -0.15) is 0 Å². The lowest BCUT2D eigenvalue weighted by Crippen LogP contribution is -2.43. The van der Waals surface area contributed by atoms with Crippen LogP contribution in [-0.2, 0) is 10.2 Å². The number of rotatable bonds is 2. The van der Waals surface area contributed by atoms with Gasteiger partial charge in [-0.1, -0.05) is 12.1 Å². The maximum absolute atomic E-state index is 6.28. The summed E-state index contributed by atoms with van der Waals surface area (Å²) >= 11 is 0. The van der Waals surface area contributed by atoms with E-state index in [1.807, 2.05) is 6.07 Å². The zero-order valence-corrected chi connectivity index (χ0v) is 11.2. The first kappa shape index (κ1) is 11.4. The molecule has 4 heteroatoms. The number of hydrogen-bond donors (Lipinski definition) is 1. The molecule has 2 fully saturated rings. The van der Waals surface area contributed by atoms with Crippen molar-refractivity contribution >= 4 is 11.0 Å². The predicted octanol–water partition coefficient (Wildman–Crippen LogP) is 1.99.